The number of benzene rings is 1. The van der Waals surface area contributed by atoms with Crippen LogP contribution in [-0.4, -0.2) is 30.9 Å². The van der Waals surface area contributed by atoms with Crippen LogP contribution < -0.4 is 11.1 Å². The molecule has 0 saturated carbocycles. The second kappa shape index (κ2) is 6.12. The maximum absolute atomic E-state index is 11.3. The molecule has 1 amide bonds. The molecule has 0 aliphatic carbocycles. The molecule has 1 rings (SSSR count). The molecule has 1 aromatic carbocycles. The van der Waals surface area contributed by atoms with Gasteiger partial charge in [0.1, 0.15) is 0 Å². The smallest absolute Gasteiger partial charge is 0.233 e. The number of amides is 1. The van der Waals surface area contributed by atoms with E-state index in [-0.39, 0.29) is 5.91 Å². The highest BCUT2D eigenvalue weighted by molar-refractivity contribution is 5.77. The van der Waals surface area contributed by atoms with Gasteiger partial charge in [-0.3, -0.25) is 9.69 Å². The number of carbonyl (C=O) groups is 1. The number of rotatable bonds is 5. The van der Waals surface area contributed by atoms with Gasteiger partial charge in [-0.2, -0.15) is 0 Å². The average Bonchev–Trinajstić information content (AvgIpc) is 2.30. The average molecular weight is 221 g/mol. The number of hydrogen-bond acceptors (Lipinski definition) is 3. The van der Waals surface area contributed by atoms with Crippen molar-refractivity contribution in [3.05, 3.63) is 29.8 Å². The molecule has 0 heterocycles. The lowest BCUT2D eigenvalue weighted by Crippen LogP contribution is -2.35. The Kier molecular flexibility index (Phi) is 4.79. The third-order valence-electron chi connectivity index (χ3n) is 2.48. The zero-order valence-corrected chi connectivity index (χ0v) is 9.86. The van der Waals surface area contributed by atoms with Crippen LogP contribution in [-0.2, 0) is 11.3 Å². The zero-order chi connectivity index (χ0) is 12.0. The van der Waals surface area contributed by atoms with E-state index in [1.807, 2.05) is 31.2 Å². The van der Waals surface area contributed by atoms with Crippen molar-refractivity contribution < 1.29 is 4.79 Å². The van der Waals surface area contributed by atoms with Crippen LogP contribution >= 0.6 is 0 Å². The van der Waals surface area contributed by atoms with Gasteiger partial charge in [0.2, 0.25) is 5.91 Å². The van der Waals surface area contributed by atoms with E-state index >= 15 is 0 Å². The molecule has 0 radical (unpaired) electrons. The summed E-state index contributed by atoms with van der Waals surface area (Å²) in [7, 11) is 1.65. The van der Waals surface area contributed by atoms with Crippen molar-refractivity contribution in [3.63, 3.8) is 0 Å². The van der Waals surface area contributed by atoms with Crippen molar-refractivity contribution in [1.29, 1.82) is 0 Å². The van der Waals surface area contributed by atoms with Gasteiger partial charge in [0.15, 0.2) is 0 Å². The van der Waals surface area contributed by atoms with E-state index in [1.54, 1.807) is 7.05 Å². The lowest BCUT2D eigenvalue weighted by molar-refractivity contribution is -0.121. The Balaban J connectivity index is 2.56. The number of nitrogens with zero attached hydrogens (tertiary/aromatic N) is 1. The van der Waals surface area contributed by atoms with E-state index in [4.69, 9.17) is 5.73 Å². The molecular weight excluding hydrogens is 202 g/mol. The van der Waals surface area contributed by atoms with E-state index in [0.717, 1.165) is 18.8 Å². The molecule has 16 heavy (non-hydrogen) atoms. The van der Waals surface area contributed by atoms with Gasteiger partial charge in [0.25, 0.3) is 0 Å². The van der Waals surface area contributed by atoms with Gasteiger partial charge in [-0.1, -0.05) is 19.1 Å². The van der Waals surface area contributed by atoms with Crippen LogP contribution in [0.5, 0.6) is 0 Å². The molecule has 1 aromatic rings. The first-order valence-corrected chi connectivity index (χ1v) is 5.43. The van der Waals surface area contributed by atoms with E-state index < -0.39 is 0 Å². The molecule has 4 nitrogen and oxygen atoms in total. The zero-order valence-electron chi connectivity index (χ0n) is 9.86. The Morgan fingerprint density at radius 3 is 2.50 bits per heavy atom. The molecule has 0 bridgehead atoms. The molecule has 4 heteroatoms. The molecular formula is C12H19N3O. The monoisotopic (exact) mass is 221 g/mol. The molecule has 0 saturated heterocycles. The van der Waals surface area contributed by atoms with E-state index in [1.165, 1.54) is 5.56 Å². The van der Waals surface area contributed by atoms with Gasteiger partial charge in [-0.15, -0.1) is 0 Å². The van der Waals surface area contributed by atoms with Crippen molar-refractivity contribution in [3.8, 4) is 0 Å². The fourth-order valence-electron chi connectivity index (χ4n) is 1.44. The van der Waals surface area contributed by atoms with Crippen molar-refractivity contribution >= 4 is 11.6 Å². The van der Waals surface area contributed by atoms with Crippen molar-refractivity contribution in [2.45, 2.75) is 13.5 Å². The van der Waals surface area contributed by atoms with Crippen LogP contribution in [0.3, 0.4) is 0 Å². The van der Waals surface area contributed by atoms with Crippen LogP contribution in [0.15, 0.2) is 24.3 Å². The summed E-state index contributed by atoms with van der Waals surface area (Å²) in [4.78, 5) is 13.3. The molecule has 0 spiro atoms. The lowest BCUT2D eigenvalue weighted by Gasteiger charge is -2.19. The maximum atomic E-state index is 11.3. The number of nitrogens with one attached hydrogen (secondary N) is 1. The topological polar surface area (TPSA) is 58.4 Å². The summed E-state index contributed by atoms with van der Waals surface area (Å²) in [6.07, 6.45) is 0. The van der Waals surface area contributed by atoms with Crippen LogP contribution in [0, 0.1) is 0 Å². The number of carbonyl (C=O) groups excluding carboxylic acids is 1. The minimum atomic E-state index is 0.0392. The number of likely N-dealkylation sites (N-methyl/N-ethyl adjacent to an activating group) is 2. The molecule has 0 fully saturated rings. The summed E-state index contributed by atoms with van der Waals surface area (Å²) in [6.45, 7) is 4.08. The second-order valence-electron chi connectivity index (χ2n) is 3.72. The fraction of sp³-hybridized carbons (Fsp3) is 0.417. The summed E-state index contributed by atoms with van der Waals surface area (Å²) in [5, 5.41) is 2.62. The SMILES string of the molecule is CCN(CC(=O)NC)Cc1ccc(N)cc1. The maximum Gasteiger partial charge on any atom is 0.233 e. The summed E-state index contributed by atoms with van der Waals surface area (Å²) >= 11 is 0. The number of nitrogen functional groups attached to an aromatic ring is 1. The lowest BCUT2D eigenvalue weighted by atomic mass is 10.2. The van der Waals surface area contributed by atoms with Gasteiger partial charge >= 0.3 is 0 Å². The van der Waals surface area contributed by atoms with Crippen LogP contribution in [0.4, 0.5) is 5.69 Å². The van der Waals surface area contributed by atoms with Gasteiger partial charge in [-0.25, -0.2) is 0 Å². The summed E-state index contributed by atoms with van der Waals surface area (Å²) in [5.74, 6) is 0.0392. The minimum absolute atomic E-state index is 0.0392. The van der Waals surface area contributed by atoms with Gasteiger partial charge in [0.05, 0.1) is 6.54 Å². The molecule has 0 aliphatic rings. The first-order valence-electron chi connectivity index (χ1n) is 5.43. The second-order valence-corrected chi connectivity index (χ2v) is 3.72. The molecule has 0 aliphatic heterocycles. The standard InChI is InChI=1S/C12H19N3O/c1-3-15(9-12(16)14-2)8-10-4-6-11(13)7-5-10/h4-7H,3,8-9,13H2,1-2H3,(H,14,16). The summed E-state index contributed by atoms with van der Waals surface area (Å²) < 4.78 is 0. The molecule has 0 atom stereocenters. The fourth-order valence-corrected chi connectivity index (χ4v) is 1.44. The highest BCUT2D eigenvalue weighted by Crippen LogP contribution is 2.08. The number of anilines is 1. The van der Waals surface area contributed by atoms with E-state index in [9.17, 15) is 4.79 Å². The Morgan fingerprint density at radius 2 is 2.00 bits per heavy atom. The number of hydrogen-bond donors (Lipinski definition) is 2. The van der Waals surface area contributed by atoms with Crippen LogP contribution in [0.1, 0.15) is 12.5 Å². The van der Waals surface area contributed by atoms with E-state index in [0.29, 0.717) is 6.54 Å². The Morgan fingerprint density at radius 1 is 1.38 bits per heavy atom. The van der Waals surface area contributed by atoms with Crippen molar-refractivity contribution in [2.75, 3.05) is 25.9 Å². The molecule has 0 unspecified atom stereocenters. The normalized spacial score (nSPS) is 10.4. The quantitative estimate of drug-likeness (QED) is 0.724. The van der Waals surface area contributed by atoms with E-state index in [2.05, 4.69) is 10.2 Å². The minimum Gasteiger partial charge on any atom is -0.399 e. The Hall–Kier alpha value is -1.55. The van der Waals surface area contributed by atoms with Crippen molar-refractivity contribution in [2.24, 2.45) is 0 Å². The first kappa shape index (κ1) is 12.5. The molecule has 0 aromatic heterocycles. The van der Waals surface area contributed by atoms with Crippen LogP contribution in [0.2, 0.25) is 0 Å². The predicted octanol–water partition coefficient (Wildman–Crippen LogP) is 0.837. The Labute approximate surface area is 96.4 Å². The van der Waals surface area contributed by atoms with Gasteiger partial charge < -0.3 is 11.1 Å². The summed E-state index contributed by atoms with van der Waals surface area (Å²) in [6, 6.07) is 7.73. The molecule has 88 valence electrons. The highest BCUT2D eigenvalue weighted by atomic mass is 16.1. The third-order valence-corrected chi connectivity index (χ3v) is 2.48. The Bertz CT molecular complexity index is 335. The van der Waals surface area contributed by atoms with Gasteiger partial charge in [0, 0.05) is 19.3 Å². The molecule has 3 N–H and O–H groups in total. The van der Waals surface area contributed by atoms with Gasteiger partial charge in [-0.05, 0) is 24.2 Å². The van der Waals surface area contributed by atoms with Crippen molar-refractivity contribution in [1.82, 2.24) is 10.2 Å². The van der Waals surface area contributed by atoms with Crippen LogP contribution in [0.25, 0.3) is 0 Å². The number of nitrogens with two attached hydrogens (primary N) is 1. The highest BCUT2D eigenvalue weighted by Gasteiger charge is 2.07. The predicted molar refractivity (Wildman–Crippen MR) is 65.9 cm³/mol. The third kappa shape index (κ3) is 3.90. The largest absolute Gasteiger partial charge is 0.399 e. The first-order chi connectivity index (χ1) is 7.65. The summed E-state index contributed by atoms with van der Waals surface area (Å²) in [5.41, 5.74) is 7.54.